The lowest BCUT2D eigenvalue weighted by molar-refractivity contribution is -0.138. The first-order chi connectivity index (χ1) is 12.0. The summed E-state index contributed by atoms with van der Waals surface area (Å²) in [5.41, 5.74) is -1.04. The number of hydrogen-bond acceptors (Lipinski definition) is 5. The molecule has 0 spiro atoms. The van der Waals surface area contributed by atoms with Crippen molar-refractivity contribution in [2.45, 2.75) is 39.5 Å². The summed E-state index contributed by atoms with van der Waals surface area (Å²) < 4.78 is 50.2. The van der Waals surface area contributed by atoms with Gasteiger partial charge in [-0.05, 0) is 26.8 Å². The lowest BCUT2D eigenvalue weighted by Gasteiger charge is -2.18. The van der Waals surface area contributed by atoms with E-state index in [4.69, 9.17) is 9.47 Å². The number of rotatable bonds is 8. The number of alkyl halides is 3. The van der Waals surface area contributed by atoms with Crippen molar-refractivity contribution in [3.63, 3.8) is 0 Å². The Labute approximate surface area is 150 Å². The van der Waals surface area contributed by atoms with Crippen LogP contribution >= 0.6 is 0 Å². The van der Waals surface area contributed by atoms with Crippen LogP contribution in [0.4, 0.5) is 13.2 Å². The number of pyridine rings is 1. The number of methoxy groups -OCH3 is 1. The van der Waals surface area contributed by atoms with E-state index in [9.17, 15) is 23.1 Å². The Kier molecular flexibility index (Phi) is 7.38. The minimum atomic E-state index is -4.65. The first-order valence-corrected chi connectivity index (χ1v) is 7.84. The first kappa shape index (κ1) is 21.7. The molecule has 0 fully saturated rings. The van der Waals surface area contributed by atoms with Crippen LogP contribution in [0.1, 0.15) is 37.6 Å². The van der Waals surface area contributed by atoms with Gasteiger partial charge < -0.3 is 14.6 Å². The van der Waals surface area contributed by atoms with E-state index in [1.54, 1.807) is 6.92 Å². The van der Waals surface area contributed by atoms with Crippen molar-refractivity contribution in [3.05, 3.63) is 47.0 Å². The van der Waals surface area contributed by atoms with E-state index in [-0.39, 0.29) is 47.2 Å². The zero-order chi connectivity index (χ0) is 20.1. The van der Waals surface area contributed by atoms with E-state index in [0.717, 1.165) is 12.3 Å². The predicted molar refractivity (Wildman–Crippen MR) is 90.0 cm³/mol. The van der Waals surface area contributed by atoms with Crippen molar-refractivity contribution in [3.8, 4) is 0 Å². The molecule has 1 N–H and O–H groups in total. The average Bonchev–Trinajstić information content (AvgIpc) is 2.54. The number of carbonyl (C=O) groups is 1. The van der Waals surface area contributed by atoms with Crippen molar-refractivity contribution in [2.75, 3.05) is 13.7 Å². The summed E-state index contributed by atoms with van der Waals surface area (Å²) in [5.74, 6) is -0.451. The molecule has 1 aromatic rings. The van der Waals surface area contributed by atoms with Gasteiger partial charge in [-0.2, -0.15) is 13.2 Å². The molecule has 1 unspecified atom stereocenters. The molecule has 144 valence electrons. The van der Waals surface area contributed by atoms with Crippen LogP contribution in [-0.4, -0.2) is 35.7 Å². The second kappa shape index (κ2) is 8.84. The molecule has 0 aliphatic heterocycles. The first-order valence-electron chi connectivity index (χ1n) is 7.84. The molecule has 8 heteroatoms. The number of ether oxygens (including phenoxy) is 2. The third kappa shape index (κ3) is 5.32. The Morgan fingerprint density at radius 1 is 1.38 bits per heavy atom. The summed E-state index contributed by atoms with van der Waals surface area (Å²) in [6, 6.07) is 0.832. The molecular formula is C18H22F3NO4. The van der Waals surface area contributed by atoms with E-state index in [1.165, 1.54) is 21.0 Å². The molecule has 0 saturated carbocycles. The van der Waals surface area contributed by atoms with Gasteiger partial charge in [-0.15, -0.1) is 0 Å². The maximum atomic E-state index is 13.4. The van der Waals surface area contributed by atoms with Gasteiger partial charge in [-0.1, -0.05) is 6.58 Å². The van der Waals surface area contributed by atoms with Gasteiger partial charge in [0.2, 0.25) is 0 Å². The summed E-state index contributed by atoms with van der Waals surface area (Å²) in [7, 11) is 1.27. The lowest BCUT2D eigenvalue weighted by Crippen LogP contribution is -2.20. The molecule has 26 heavy (non-hydrogen) atoms. The van der Waals surface area contributed by atoms with E-state index in [2.05, 4.69) is 11.6 Å². The Hall–Kier alpha value is -2.35. The van der Waals surface area contributed by atoms with Gasteiger partial charge in [-0.3, -0.25) is 9.78 Å². The zero-order valence-electron chi connectivity index (χ0n) is 15.1. The number of allylic oxidation sites excluding steroid dienone is 1. The Bertz CT molecular complexity index is 711. The Morgan fingerprint density at radius 2 is 2.00 bits per heavy atom. The minimum absolute atomic E-state index is 0.00402. The molecule has 0 amide bonds. The van der Waals surface area contributed by atoms with Crippen molar-refractivity contribution < 1.29 is 32.5 Å². The summed E-state index contributed by atoms with van der Waals surface area (Å²) in [6.07, 6.45) is -5.19. The van der Waals surface area contributed by atoms with E-state index in [1.807, 2.05) is 0 Å². The van der Waals surface area contributed by atoms with Gasteiger partial charge in [0.05, 0.1) is 19.3 Å². The van der Waals surface area contributed by atoms with Crippen molar-refractivity contribution >= 4 is 11.5 Å². The highest BCUT2D eigenvalue weighted by Crippen LogP contribution is 2.35. The fourth-order valence-electron chi connectivity index (χ4n) is 2.32. The van der Waals surface area contributed by atoms with Crippen LogP contribution < -0.4 is 0 Å². The molecule has 1 rings (SSSR count). The number of aliphatic hydroxyl groups is 1. The van der Waals surface area contributed by atoms with Crippen LogP contribution in [-0.2, 0) is 26.9 Å². The van der Waals surface area contributed by atoms with Crippen LogP contribution in [0.3, 0.4) is 0 Å². The molecule has 1 heterocycles. The lowest BCUT2D eigenvalue weighted by atomic mass is 10.0. The summed E-state index contributed by atoms with van der Waals surface area (Å²) in [5, 5.41) is 10.2. The Balaban J connectivity index is 3.25. The molecule has 5 nitrogen and oxygen atoms in total. The molecule has 0 saturated heterocycles. The van der Waals surface area contributed by atoms with Gasteiger partial charge in [0.25, 0.3) is 0 Å². The van der Waals surface area contributed by atoms with Gasteiger partial charge in [0.1, 0.15) is 17.6 Å². The quantitative estimate of drug-likeness (QED) is 0.558. The van der Waals surface area contributed by atoms with E-state index in [0.29, 0.717) is 0 Å². The third-order valence-electron chi connectivity index (χ3n) is 3.71. The summed E-state index contributed by atoms with van der Waals surface area (Å²) >= 11 is 0. The summed E-state index contributed by atoms with van der Waals surface area (Å²) in [6.45, 7) is 8.06. The normalized spacial score (nSPS) is 13.7. The second-order valence-electron chi connectivity index (χ2n) is 5.54. The van der Waals surface area contributed by atoms with Crippen molar-refractivity contribution in [1.82, 2.24) is 4.98 Å². The maximum absolute atomic E-state index is 13.4. The second-order valence-corrected chi connectivity index (χ2v) is 5.54. The fourth-order valence-corrected chi connectivity index (χ4v) is 2.32. The smallest absolute Gasteiger partial charge is 0.417 e. The SMILES string of the molecule is C=C(OCC)c1cnc(CC(O)/C(OC)=C(/C)C(C)=O)cc1C(F)(F)F. The van der Waals surface area contributed by atoms with E-state index < -0.39 is 17.8 Å². The predicted octanol–water partition coefficient (Wildman–Crippen LogP) is 3.52. The van der Waals surface area contributed by atoms with Crippen molar-refractivity contribution in [2.24, 2.45) is 0 Å². The molecule has 0 aromatic carbocycles. The number of Topliss-reactive ketones (excluding diaryl/α,β-unsaturated/α-hetero) is 1. The molecule has 0 aliphatic carbocycles. The van der Waals surface area contributed by atoms with Gasteiger partial charge >= 0.3 is 6.18 Å². The van der Waals surface area contributed by atoms with Gasteiger partial charge in [0, 0.05) is 29.4 Å². The van der Waals surface area contributed by atoms with Gasteiger partial charge in [0.15, 0.2) is 5.78 Å². The monoisotopic (exact) mass is 373 g/mol. The molecule has 1 atom stereocenters. The van der Waals surface area contributed by atoms with Crippen LogP contribution in [0.25, 0.3) is 5.76 Å². The van der Waals surface area contributed by atoms with Crippen LogP contribution in [0.5, 0.6) is 0 Å². The highest BCUT2D eigenvalue weighted by Gasteiger charge is 2.35. The number of carbonyl (C=O) groups excluding carboxylic acids is 1. The number of halogens is 3. The fraction of sp³-hybridized carbons (Fsp3) is 0.444. The number of nitrogens with zero attached hydrogens (tertiary/aromatic N) is 1. The zero-order valence-corrected chi connectivity index (χ0v) is 15.1. The number of ketones is 1. The molecule has 0 radical (unpaired) electrons. The molecule has 0 aliphatic rings. The minimum Gasteiger partial charge on any atom is -0.498 e. The maximum Gasteiger partial charge on any atom is 0.417 e. The number of aromatic nitrogens is 1. The molecule has 0 bridgehead atoms. The molecule has 1 aromatic heterocycles. The highest BCUT2D eigenvalue weighted by atomic mass is 19.4. The van der Waals surface area contributed by atoms with Gasteiger partial charge in [-0.25, -0.2) is 0 Å². The average molecular weight is 373 g/mol. The van der Waals surface area contributed by atoms with E-state index >= 15 is 0 Å². The van der Waals surface area contributed by atoms with Crippen LogP contribution in [0, 0.1) is 0 Å². The highest BCUT2D eigenvalue weighted by molar-refractivity contribution is 5.93. The van der Waals surface area contributed by atoms with Crippen molar-refractivity contribution in [1.29, 1.82) is 0 Å². The van der Waals surface area contributed by atoms with Crippen LogP contribution in [0.2, 0.25) is 0 Å². The number of aliphatic hydroxyl groups excluding tert-OH is 1. The standard InChI is InChI=1S/C18H22F3NO4/c1-6-26-12(4)14-9-22-13(7-15(14)18(19,20)21)8-16(24)17(25-5)10(2)11(3)23/h7,9,16,24H,4,6,8H2,1-3,5H3/b17-10+. The number of hydrogen-bond donors (Lipinski definition) is 1. The summed E-state index contributed by atoms with van der Waals surface area (Å²) in [4.78, 5) is 15.4. The van der Waals surface area contributed by atoms with Crippen LogP contribution in [0.15, 0.2) is 30.2 Å². The topological polar surface area (TPSA) is 68.7 Å². The molecular weight excluding hydrogens is 351 g/mol. The third-order valence-corrected chi connectivity index (χ3v) is 3.71. The Morgan fingerprint density at radius 3 is 2.46 bits per heavy atom. The largest absolute Gasteiger partial charge is 0.498 e.